The Morgan fingerprint density at radius 2 is 0.633 bits per heavy atom. The molecular weight excluding hydrogens is 416 g/mol. The van der Waals surface area contributed by atoms with Crippen LogP contribution >= 0.6 is 22.7 Å². The minimum absolute atomic E-state index is 0.243. The van der Waals surface area contributed by atoms with Crippen LogP contribution in [-0.4, -0.2) is 0 Å². The zero-order valence-electron chi connectivity index (χ0n) is 16.8. The van der Waals surface area contributed by atoms with Gasteiger partial charge in [-0.2, -0.15) is 0 Å². The Labute approximate surface area is 178 Å². The normalized spacial score (nSPS) is 11.9. The van der Waals surface area contributed by atoms with Gasteiger partial charge in [-0.15, -0.1) is 22.7 Å². The maximum atomic E-state index is 13.2. The van der Waals surface area contributed by atoms with Crippen molar-refractivity contribution < 1.29 is 0 Å². The van der Waals surface area contributed by atoms with Gasteiger partial charge in [0.1, 0.15) is 0 Å². The van der Waals surface area contributed by atoms with Gasteiger partial charge >= 0.3 is 0 Å². The van der Waals surface area contributed by atoms with Gasteiger partial charge in [0.15, 0.2) is 0 Å². The van der Waals surface area contributed by atoms with E-state index in [9.17, 15) is 19.2 Å². The van der Waals surface area contributed by atoms with E-state index in [1.54, 1.807) is 24.3 Å². The molecule has 0 aliphatic rings. The van der Waals surface area contributed by atoms with E-state index in [4.69, 9.17) is 0 Å². The molecule has 0 aliphatic carbocycles. The van der Waals surface area contributed by atoms with E-state index in [1.807, 2.05) is 27.7 Å². The molecule has 0 fully saturated rings. The number of benzene rings is 4. The average Bonchev–Trinajstić information content (AvgIpc) is 2.72. The molecule has 0 saturated carbocycles. The smallest absolute Gasteiger partial charge is 0.205 e. The molecule has 0 radical (unpaired) electrons. The van der Waals surface area contributed by atoms with Crippen molar-refractivity contribution in [2.45, 2.75) is 27.7 Å². The highest BCUT2D eigenvalue weighted by molar-refractivity contribution is 7.36. The van der Waals surface area contributed by atoms with Crippen molar-refractivity contribution in [2.24, 2.45) is 0 Å². The SMILES string of the molecule is Cc1cc2c(=O)c3sc4c(=O)c5cc(C)c(C)cc5c(=O)c4sc3c(=O)c2cc1C. The van der Waals surface area contributed by atoms with E-state index in [0.29, 0.717) is 21.5 Å². The number of rotatable bonds is 0. The lowest BCUT2D eigenvalue weighted by atomic mass is 10.0. The Morgan fingerprint density at radius 1 is 0.433 bits per heavy atom. The van der Waals surface area contributed by atoms with Crippen LogP contribution in [0, 0.1) is 27.7 Å². The molecule has 5 aromatic rings. The summed E-state index contributed by atoms with van der Waals surface area (Å²) in [5.41, 5.74) is 2.64. The number of fused-ring (bicyclic) bond motifs is 4. The number of aryl methyl sites for hydroxylation is 4. The molecule has 0 aliphatic heterocycles. The van der Waals surface area contributed by atoms with E-state index in [0.717, 1.165) is 44.9 Å². The molecule has 1 aromatic heterocycles. The molecular formula is C24H16O4S2. The van der Waals surface area contributed by atoms with Gasteiger partial charge in [0.05, 0.1) is 18.8 Å². The molecule has 0 amide bonds. The number of hydrogen-bond donors (Lipinski definition) is 0. The summed E-state index contributed by atoms with van der Waals surface area (Å²) >= 11 is 1.94. The van der Waals surface area contributed by atoms with Crippen molar-refractivity contribution in [1.82, 2.24) is 0 Å². The van der Waals surface area contributed by atoms with Crippen molar-refractivity contribution in [1.29, 1.82) is 0 Å². The van der Waals surface area contributed by atoms with Gasteiger partial charge < -0.3 is 0 Å². The fraction of sp³-hybridized carbons (Fsp3) is 0.167. The van der Waals surface area contributed by atoms with Gasteiger partial charge in [-0.1, -0.05) is 0 Å². The molecule has 148 valence electrons. The number of hydrogen-bond acceptors (Lipinski definition) is 6. The van der Waals surface area contributed by atoms with Gasteiger partial charge in [-0.05, 0) is 74.2 Å². The summed E-state index contributed by atoms with van der Waals surface area (Å²) in [6.07, 6.45) is 0. The first kappa shape index (κ1) is 19.0. The standard InChI is InChI=1S/C24H16O4S2/c1-9-5-13-14(6-10(9)2)18(26)22-21(17(13)25)29-23-19(27)15-7-11(3)12(4)8-16(15)20(28)24(23)30-22/h5-8H,1-4H3. The van der Waals surface area contributed by atoms with E-state index < -0.39 is 0 Å². The third-order valence-electron chi connectivity index (χ3n) is 5.89. The average molecular weight is 433 g/mol. The second kappa shape index (κ2) is 6.27. The Kier molecular flexibility index (Phi) is 3.98. The zero-order chi connectivity index (χ0) is 21.5. The van der Waals surface area contributed by atoms with Crippen LogP contribution in [0.5, 0.6) is 0 Å². The topological polar surface area (TPSA) is 68.3 Å². The Balaban J connectivity index is 2.09. The molecule has 0 atom stereocenters. The first-order valence-corrected chi connectivity index (χ1v) is 11.1. The lowest BCUT2D eigenvalue weighted by Crippen LogP contribution is -2.15. The van der Waals surface area contributed by atoms with Crippen molar-refractivity contribution in [3.05, 3.63) is 87.4 Å². The summed E-state index contributed by atoms with van der Waals surface area (Å²) in [7, 11) is 0. The second-order valence-electron chi connectivity index (χ2n) is 7.80. The molecule has 6 heteroatoms. The van der Waals surface area contributed by atoms with Crippen LogP contribution in [0.3, 0.4) is 0 Å². The van der Waals surface area contributed by atoms with E-state index in [2.05, 4.69) is 0 Å². The van der Waals surface area contributed by atoms with E-state index in [-0.39, 0.29) is 40.5 Å². The van der Waals surface area contributed by atoms with Crippen LogP contribution in [0.4, 0.5) is 0 Å². The summed E-state index contributed by atoms with van der Waals surface area (Å²) in [4.78, 5) is 52.8. The quantitative estimate of drug-likeness (QED) is 0.337. The van der Waals surface area contributed by atoms with Crippen LogP contribution in [0.25, 0.3) is 40.3 Å². The first-order chi connectivity index (χ1) is 14.2. The van der Waals surface area contributed by atoms with E-state index in [1.165, 1.54) is 0 Å². The van der Waals surface area contributed by atoms with Gasteiger partial charge in [0.2, 0.25) is 21.7 Å². The third-order valence-corrected chi connectivity index (χ3v) is 8.52. The molecule has 4 aromatic carbocycles. The van der Waals surface area contributed by atoms with Crippen LogP contribution in [0.2, 0.25) is 0 Å². The first-order valence-electron chi connectivity index (χ1n) is 9.44. The van der Waals surface area contributed by atoms with E-state index >= 15 is 0 Å². The highest BCUT2D eigenvalue weighted by Gasteiger charge is 2.19. The maximum Gasteiger partial charge on any atom is 0.205 e. The van der Waals surface area contributed by atoms with Gasteiger partial charge in [-0.25, -0.2) is 0 Å². The predicted octanol–water partition coefficient (Wildman–Crippen LogP) is 4.53. The monoisotopic (exact) mass is 432 g/mol. The van der Waals surface area contributed by atoms with Crippen molar-refractivity contribution >= 4 is 63.0 Å². The Morgan fingerprint density at radius 3 is 0.833 bits per heavy atom. The molecule has 0 N–H and O–H groups in total. The summed E-state index contributed by atoms with van der Waals surface area (Å²) < 4.78 is 0.974. The lowest BCUT2D eigenvalue weighted by molar-refractivity contribution is 1.36. The van der Waals surface area contributed by atoms with Crippen LogP contribution in [-0.2, 0) is 0 Å². The molecule has 0 unspecified atom stereocenters. The molecule has 4 nitrogen and oxygen atoms in total. The van der Waals surface area contributed by atoms with Crippen LogP contribution < -0.4 is 21.7 Å². The van der Waals surface area contributed by atoms with Crippen molar-refractivity contribution in [3.8, 4) is 0 Å². The Hall–Kier alpha value is -2.96. The minimum Gasteiger partial charge on any atom is -0.288 e. The fourth-order valence-electron chi connectivity index (χ4n) is 3.86. The van der Waals surface area contributed by atoms with Gasteiger partial charge in [0, 0.05) is 21.5 Å². The van der Waals surface area contributed by atoms with Crippen molar-refractivity contribution in [3.63, 3.8) is 0 Å². The maximum absolute atomic E-state index is 13.2. The molecule has 1 heterocycles. The highest BCUT2D eigenvalue weighted by atomic mass is 32.1. The molecule has 0 spiro atoms. The summed E-state index contributed by atoms with van der Waals surface area (Å²) in [5.74, 6) is 0. The van der Waals surface area contributed by atoms with Gasteiger partial charge in [0.25, 0.3) is 0 Å². The third kappa shape index (κ3) is 2.44. The zero-order valence-corrected chi connectivity index (χ0v) is 18.4. The molecule has 0 bridgehead atoms. The molecule has 0 saturated heterocycles. The van der Waals surface area contributed by atoms with Gasteiger partial charge in [-0.3, -0.25) is 19.2 Å². The second-order valence-corrected chi connectivity index (χ2v) is 9.84. The highest BCUT2D eigenvalue weighted by Crippen LogP contribution is 2.29. The predicted molar refractivity (Wildman–Crippen MR) is 127 cm³/mol. The Bertz CT molecular complexity index is 1550. The summed E-state index contributed by atoms with van der Waals surface area (Å²) in [6.45, 7) is 7.58. The molecule has 30 heavy (non-hydrogen) atoms. The lowest BCUT2D eigenvalue weighted by Gasteiger charge is -2.07. The van der Waals surface area contributed by atoms with Crippen molar-refractivity contribution in [2.75, 3.05) is 0 Å². The summed E-state index contributed by atoms with van der Waals surface area (Å²) in [5, 5.41) is 1.45. The fourth-order valence-corrected chi connectivity index (χ4v) is 6.32. The largest absolute Gasteiger partial charge is 0.288 e. The molecule has 5 rings (SSSR count). The summed E-state index contributed by atoms with van der Waals surface area (Å²) in [6, 6.07) is 6.94. The van der Waals surface area contributed by atoms with Crippen LogP contribution in [0.15, 0.2) is 43.4 Å². The minimum atomic E-state index is -0.266. The van der Waals surface area contributed by atoms with Crippen LogP contribution in [0.1, 0.15) is 22.3 Å².